The van der Waals surface area contributed by atoms with Crippen LogP contribution in [0.15, 0.2) is 81.2 Å². The van der Waals surface area contributed by atoms with E-state index in [0.29, 0.717) is 16.5 Å². The first kappa shape index (κ1) is 19.7. The zero-order valence-electron chi connectivity index (χ0n) is 16.7. The summed E-state index contributed by atoms with van der Waals surface area (Å²) in [5, 5.41) is 10.0. The van der Waals surface area contributed by atoms with E-state index in [1.807, 2.05) is 18.2 Å². The zero-order chi connectivity index (χ0) is 20.1. The molecule has 1 heterocycles. The van der Waals surface area contributed by atoms with E-state index in [1.165, 1.54) is 29.5 Å². The van der Waals surface area contributed by atoms with Gasteiger partial charge in [-0.2, -0.15) is 0 Å². The number of phenols is 1. The molecule has 144 valence electrons. The van der Waals surface area contributed by atoms with Gasteiger partial charge in [-0.25, -0.2) is 0 Å². The average molecular weight is 374 g/mol. The van der Waals surface area contributed by atoms with Gasteiger partial charge in [0.2, 0.25) is 0 Å². The molecule has 2 aromatic carbocycles. The third-order valence-corrected chi connectivity index (χ3v) is 4.77. The van der Waals surface area contributed by atoms with Crippen molar-refractivity contribution in [3.8, 4) is 16.9 Å². The Labute approximate surface area is 165 Å². The second kappa shape index (κ2) is 8.75. The summed E-state index contributed by atoms with van der Waals surface area (Å²) in [4.78, 5) is 12.8. The molecule has 0 amide bonds. The second-order valence-electron chi connectivity index (χ2n) is 7.43. The van der Waals surface area contributed by atoms with Crippen molar-refractivity contribution in [2.24, 2.45) is 0 Å². The quantitative estimate of drug-likeness (QED) is 0.508. The Hall–Kier alpha value is -3.07. The first-order valence-corrected chi connectivity index (χ1v) is 9.57. The first-order chi connectivity index (χ1) is 13.4. The molecule has 3 heteroatoms. The number of phenolic OH excluding ortho intramolecular Hbond substituents is 1. The van der Waals surface area contributed by atoms with Crippen LogP contribution in [0.3, 0.4) is 0 Å². The molecule has 0 saturated carbocycles. The maximum Gasteiger partial charge on any atom is 0.200 e. The Kier molecular flexibility index (Phi) is 6.15. The third-order valence-electron chi connectivity index (χ3n) is 4.77. The number of aromatic hydroxyl groups is 1. The molecule has 3 rings (SSSR count). The van der Waals surface area contributed by atoms with Gasteiger partial charge >= 0.3 is 0 Å². The molecule has 0 fully saturated rings. The van der Waals surface area contributed by atoms with Crippen LogP contribution in [0.1, 0.15) is 39.2 Å². The molecular formula is C25H26O3. The lowest BCUT2D eigenvalue weighted by Crippen LogP contribution is -2.04. The molecule has 3 aromatic rings. The molecule has 0 spiro atoms. The molecule has 0 saturated heterocycles. The van der Waals surface area contributed by atoms with Gasteiger partial charge in [-0.1, -0.05) is 47.6 Å². The van der Waals surface area contributed by atoms with Crippen LogP contribution in [0, 0.1) is 0 Å². The molecule has 1 N–H and O–H groups in total. The summed E-state index contributed by atoms with van der Waals surface area (Å²) in [5.74, 6) is 0.0807. The van der Waals surface area contributed by atoms with Crippen molar-refractivity contribution in [3.63, 3.8) is 0 Å². The van der Waals surface area contributed by atoms with Crippen LogP contribution >= 0.6 is 0 Å². The van der Waals surface area contributed by atoms with Crippen molar-refractivity contribution in [1.29, 1.82) is 0 Å². The fourth-order valence-electron chi connectivity index (χ4n) is 3.16. The second-order valence-corrected chi connectivity index (χ2v) is 7.43. The Morgan fingerprint density at radius 2 is 1.89 bits per heavy atom. The SMILES string of the molecule is CC(C)=CCCC(C)=CCc1cccc(-c2coc3cc(O)ccc3c2=O)c1. The summed E-state index contributed by atoms with van der Waals surface area (Å²) in [7, 11) is 0. The summed E-state index contributed by atoms with van der Waals surface area (Å²) in [6.07, 6.45) is 8.95. The average Bonchev–Trinajstić information content (AvgIpc) is 2.66. The molecule has 0 unspecified atom stereocenters. The van der Waals surface area contributed by atoms with Crippen molar-refractivity contribution in [2.75, 3.05) is 0 Å². The minimum Gasteiger partial charge on any atom is -0.508 e. The van der Waals surface area contributed by atoms with Crippen LogP contribution in [0.2, 0.25) is 0 Å². The number of hydrogen-bond donors (Lipinski definition) is 1. The highest BCUT2D eigenvalue weighted by atomic mass is 16.3. The Balaban J connectivity index is 1.83. The summed E-state index contributed by atoms with van der Waals surface area (Å²) in [6.45, 7) is 6.41. The van der Waals surface area contributed by atoms with Gasteiger partial charge in [0.1, 0.15) is 17.6 Å². The van der Waals surface area contributed by atoms with Crippen LogP contribution in [0.5, 0.6) is 5.75 Å². The first-order valence-electron chi connectivity index (χ1n) is 9.57. The Morgan fingerprint density at radius 1 is 1.07 bits per heavy atom. The van der Waals surface area contributed by atoms with E-state index >= 15 is 0 Å². The van der Waals surface area contributed by atoms with Crippen molar-refractivity contribution >= 4 is 11.0 Å². The standard InChI is InChI=1S/C25H26O3/c1-17(2)6-4-7-18(3)10-11-19-8-5-9-20(14-19)23-16-28-24-15-21(26)12-13-22(24)25(23)27/h5-6,8-10,12-16,26H,4,7,11H2,1-3H3. The van der Waals surface area contributed by atoms with Crippen molar-refractivity contribution in [1.82, 2.24) is 0 Å². The Morgan fingerprint density at radius 3 is 2.68 bits per heavy atom. The van der Waals surface area contributed by atoms with Crippen molar-refractivity contribution in [3.05, 3.63) is 87.8 Å². The van der Waals surface area contributed by atoms with E-state index in [1.54, 1.807) is 6.07 Å². The monoisotopic (exact) mass is 374 g/mol. The van der Waals surface area contributed by atoms with Gasteiger partial charge in [-0.15, -0.1) is 0 Å². The number of benzene rings is 2. The minimum atomic E-state index is -0.0909. The molecule has 0 aliphatic carbocycles. The molecule has 0 aliphatic heterocycles. The van der Waals surface area contributed by atoms with Crippen LogP contribution in [-0.2, 0) is 6.42 Å². The summed E-state index contributed by atoms with van der Waals surface area (Å²) in [6, 6.07) is 12.6. The molecule has 0 aliphatic rings. The predicted octanol–water partition coefficient (Wildman–Crippen LogP) is 6.40. The van der Waals surface area contributed by atoms with Gasteiger partial charge in [-0.05, 0) is 63.3 Å². The largest absolute Gasteiger partial charge is 0.508 e. The molecule has 28 heavy (non-hydrogen) atoms. The molecule has 1 aromatic heterocycles. The van der Waals surface area contributed by atoms with E-state index < -0.39 is 0 Å². The van der Waals surface area contributed by atoms with E-state index in [9.17, 15) is 9.90 Å². The molecule has 0 radical (unpaired) electrons. The van der Waals surface area contributed by atoms with E-state index in [0.717, 1.165) is 30.4 Å². The van der Waals surface area contributed by atoms with Gasteiger partial charge in [0.15, 0.2) is 5.43 Å². The van der Waals surface area contributed by atoms with Gasteiger partial charge in [-0.3, -0.25) is 4.79 Å². The van der Waals surface area contributed by atoms with E-state index in [2.05, 4.69) is 39.0 Å². The fourth-order valence-corrected chi connectivity index (χ4v) is 3.16. The lowest BCUT2D eigenvalue weighted by Gasteiger charge is -2.06. The number of fused-ring (bicyclic) bond motifs is 1. The molecular weight excluding hydrogens is 348 g/mol. The third kappa shape index (κ3) is 4.80. The van der Waals surface area contributed by atoms with Crippen LogP contribution in [-0.4, -0.2) is 5.11 Å². The van der Waals surface area contributed by atoms with Crippen LogP contribution < -0.4 is 5.43 Å². The highest BCUT2D eigenvalue weighted by Crippen LogP contribution is 2.23. The molecule has 0 atom stereocenters. The van der Waals surface area contributed by atoms with E-state index in [-0.39, 0.29) is 11.2 Å². The minimum absolute atomic E-state index is 0.0807. The highest BCUT2D eigenvalue weighted by molar-refractivity contribution is 5.82. The summed E-state index contributed by atoms with van der Waals surface area (Å²) >= 11 is 0. The van der Waals surface area contributed by atoms with Crippen molar-refractivity contribution < 1.29 is 9.52 Å². The van der Waals surface area contributed by atoms with Gasteiger partial charge < -0.3 is 9.52 Å². The van der Waals surface area contributed by atoms with Gasteiger partial charge in [0.25, 0.3) is 0 Å². The van der Waals surface area contributed by atoms with Crippen LogP contribution in [0.25, 0.3) is 22.1 Å². The lowest BCUT2D eigenvalue weighted by molar-refractivity contribution is 0.474. The molecule has 0 bridgehead atoms. The maximum atomic E-state index is 12.8. The smallest absolute Gasteiger partial charge is 0.200 e. The number of allylic oxidation sites excluding steroid dienone is 4. The van der Waals surface area contributed by atoms with Gasteiger partial charge in [0.05, 0.1) is 10.9 Å². The summed E-state index contributed by atoms with van der Waals surface area (Å²) in [5.41, 5.74) is 5.55. The number of hydrogen-bond acceptors (Lipinski definition) is 3. The zero-order valence-corrected chi connectivity index (χ0v) is 16.7. The summed E-state index contributed by atoms with van der Waals surface area (Å²) < 4.78 is 5.58. The molecule has 3 nitrogen and oxygen atoms in total. The van der Waals surface area contributed by atoms with Crippen LogP contribution in [0.4, 0.5) is 0 Å². The Bertz CT molecular complexity index is 1100. The highest BCUT2D eigenvalue weighted by Gasteiger charge is 2.10. The predicted molar refractivity (Wildman–Crippen MR) is 116 cm³/mol. The lowest BCUT2D eigenvalue weighted by atomic mass is 10.0. The maximum absolute atomic E-state index is 12.8. The number of rotatable bonds is 6. The normalized spacial score (nSPS) is 11.6. The van der Waals surface area contributed by atoms with Crippen molar-refractivity contribution in [2.45, 2.75) is 40.0 Å². The van der Waals surface area contributed by atoms with Gasteiger partial charge in [0, 0.05) is 6.07 Å². The van der Waals surface area contributed by atoms with E-state index in [4.69, 9.17) is 4.42 Å². The topological polar surface area (TPSA) is 50.4 Å². The fraction of sp³-hybridized carbons (Fsp3) is 0.240.